The van der Waals surface area contributed by atoms with Crippen LogP contribution in [0.1, 0.15) is 31.4 Å². The highest BCUT2D eigenvalue weighted by atomic mass is 15.1. The summed E-state index contributed by atoms with van der Waals surface area (Å²) in [5.74, 6) is 0. The highest BCUT2D eigenvalue weighted by Crippen LogP contribution is 2.19. The first-order chi connectivity index (χ1) is 6.65. The Labute approximate surface area is 86.7 Å². The van der Waals surface area contributed by atoms with Crippen molar-refractivity contribution in [1.82, 2.24) is 0 Å². The molecule has 0 saturated heterocycles. The van der Waals surface area contributed by atoms with Crippen LogP contribution in [0, 0.1) is 0 Å². The Hall–Kier alpha value is -1.02. The summed E-state index contributed by atoms with van der Waals surface area (Å²) in [6.45, 7) is 2.16. The van der Waals surface area contributed by atoms with Crippen molar-refractivity contribution in [2.45, 2.75) is 25.8 Å². The molecule has 0 bridgehead atoms. The van der Waals surface area contributed by atoms with Crippen molar-refractivity contribution in [3.63, 3.8) is 0 Å². The van der Waals surface area contributed by atoms with Gasteiger partial charge in [-0.3, -0.25) is 0 Å². The number of rotatable bonds is 4. The minimum absolute atomic E-state index is 0.191. The summed E-state index contributed by atoms with van der Waals surface area (Å²) < 4.78 is 0. The van der Waals surface area contributed by atoms with E-state index in [2.05, 4.69) is 36.1 Å². The van der Waals surface area contributed by atoms with Crippen molar-refractivity contribution < 1.29 is 0 Å². The van der Waals surface area contributed by atoms with Gasteiger partial charge in [0.15, 0.2) is 0 Å². The molecule has 1 rings (SSSR count). The molecule has 0 aromatic heterocycles. The molecule has 0 aliphatic heterocycles. The lowest BCUT2D eigenvalue weighted by Crippen LogP contribution is -2.11. The summed E-state index contributed by atoms with van der Waals surface area (Å²) in [7, 11) is 4.09. The highest BCUT2D eigenvalue weighted by molar-refractivity contribution is 5.46. The predicted molar refractivity (Wildman–Crippen MR) is 62.6 cm³/mol. The maximum atomic E-state index is 6.02. The Morgan fingerprint density at radius 2 is 1.79 bits per heavy atom. The van der Waals surface area contributed by atoms with Crippen molar-refractivity contribution in [2.24, 2.45) is 5.73 Å². The molecule has 78 valence electrons. The van der Waals surface area contributed by atoms with Crippen LogP contribution in [0.4, 0.5) is 5.69 Å². The Balaban J connectivity index is 2.72. The largest absolute Gasteiger partial charge is 0.378 e. The third kappa shape index (κ3) is 2.74. The van der Waals surface area contributed by atoms with Gasteiger partial charge in [0.1, 0.15) is 0 Å². The fraction of sp³-hybridized carbons (Fsp3) is 0.500. The summed E-state index contributed by atoms with van der Waals surface area (Å²) in [6.07, 6.45) is 2.19. The first kappa shape index (κ1) is 11.1. The van der Waals surface area contributed by atoms with E-state index in [0.717, 1.165) is 12.8 Å². The van der Waals surface area contributed by atoms with Crippen LogP contribution in [0.2, 0.25) is 0 Å². The van der Waals surface area contributed by atoms with E-state index in [1.54, 1.807) is 0 Å². The molecular weight excluding hydrogens is 172 g/mol. The normalized spacial score (nSPS) is 12.6. The van der Waals surface area contributed by atoms with Gasteiger partial charge < -0.3 is 10.6 Å². The van der Waals surface area contributed by atoms with E-state index < -0.39 is 0 Å². The average molecular weight is 192 g/mol. The molecule has 1 unspecified atom stereocenters. The maximum Gasteiger partial charge on any atom is 0.0361 e. The van der Waals surface area contributed by atoms with Crippen LogP contribution >= 0.6 is 0 Å². The van der Waals surface area contributed by atoms with Gasteiger partial charge in [-0.25, -0.2) is 0 Å². The fourth-order valence-electron chi connectivity index (χ4n) is 1.50. The second-order valence-corrected chi connectivity index (χ2v) is 3.88. The molecule has 14 heavy (non-hydrogen) atoms. The summed E-state index contributed by atoms with van der Waals surface area (Å²) in [5.41, 5.74) is 8.47. The van der Waals surface area contributed by atoms with E-state index in [1.165, 1.54) is 11.3 Å². The van der Waals surface area contributed by atoms with Crippen molar-refractivity contribution in [3.8, 4) is 0 Å². The second kappa shape index (κ2) is 5.01. The number of nitrogens with two attached hydrogens (primary N) is 1. The lowest BCUT2D eigenvalue weighted by Gasteiger charge is -2.15. The van der Waals surface area contributed by atoms with Gasteiger partial charge in [-0.2, -0.15) is 0 Å². The van der Waals surface area contributed by atoms with Crippen LogP contribution in [0.3, 0.4) is 0 Å². The van der Waals surface area contributed by atoms with Gasteiger partial charge in [-0.1, -0.05) is 25.5 Å². The molecular formula is C12H20N2. The zero-order chi connectivity index (χ0) is 10.6. The molecule has 0 heterocycles. The van der Waals surface area contributed by atoms with E-state index in [1.807, 2.05) is 14.1 Å². The smallest absolute Gasteiger partial charge is 0.0361 e. The number of hydrogen-bond acceptors (Lipinski definition) is 2. The van der Waals surface area contributed by atoms with E-state index in [-0.39, 0.29) is 6.04 Å². The van der Waals surface area contributed by atoms with Crippen molar-refractivity contribution in [2.75, 3.05) is 19.0 Å². The lowest BCUT2D eigenvalue weighted by molar-refractivity contribution is 0.638. The number of hydrogen-bond donors (Lipinski definition) is 1. The third-order valence-electron chi connectivity index (χ3n) is 2.44. The van der Waals surface area contributed by atoms with Gasteiger partial charge in [0, 0.05) is 25.8 Å². The van der Waals surface area contributed by atoms with Gasteiger partial charge in [-0.15, -0.1) is 0 Å². The van der Waals surface area contributed by atoms with Crippen molar-refractivity contribution in [3.05, 3.63) is 29.8 Å². The van der Waals surface area contributed by atoms with Gasteiger partial charge >= 0.3 is 0 Å². The third-order valence-corrected chi connectivity index (χ3v) is 2.44. The van der Waals surface area contributed by atoms with Gasteiger partial charge in [-0.05, 0) is 24.1 Å². The monoisotopic (exact) mass is 192 g/mol. The SMILES string of the molecule is CCCC(N)c1ccc(N(C)C)cc1. The molecule has 0 aliphatic rings. The van der Waals surface area contributed by atoms with Gasteiger partial charge in [0.2, 0.25) is 0 Å². The molecule has 0 fully saturated rings. The van der Waals surface area contributed by atoms with Gasteiger partial charge in [0.25, 0.3) is 0 Å². The van der Waals surface area contributed by atoms with Crippen LogP contribution in [-0.4, -0.2) is 14.1 Å². The molecule has 1 aromatic carbocycles. The fourth-order valence-corrected chi connectivity index (χ4v) is 1.50. The standard InChI is InChI=1S/C12H20N2/c1-4-5-12(13)10-6-8-11(9-7-10)14(2)3/h6-9,12H,4-5,13H2,1-3H3. The molecule has 2 N–H and O–H groups in total. The molecule has 2 heteroatoms. The summed E-state index contributed by atoms with van der Waals surface area (Å²) >= 11 is 0. The molecule has 2 nitrogen and oxygen atoms in total. The van der Waals surface area contributed by atoms with E-state index in [9.17, 15) is 0 Å². The molecule has 0 saturated carbocycles. The molecule has 0 amide bonds. The van der Waals surface area contributed by atoms with Crippen LogP contribution in [0.25, 0.3) is 0 Å². The van der Waals surface area contributed by atoms with Crippen molar-refractivity contribution in [1.29, 1.82) is 0 Å². The van der Waals surface area contributed by atoms with Crippen LogP contribution in [-0.2, 0) is 0 Å². The molecule has 1 aromatic rings. The zero-order valence-corrected chi connectivity index (χ0v) is 9.33. The lowest BCUT2D eigenvalue weighted by atomic mass is 10.0. The Bertz CT molecular complexity index is 264. The minimum atomic E-state index is 0.191. The molecule has 0 radical (unpaired) electrons. The quantitative estimate of drug-likeness (QED) is 0.794. The Morgan fingerprint density at radius 1 is 1.21 bits per heavy atom. The Morgan fingerprint density at radius 3 is 2.21 bits per heavy atom. The number of nitrogens with zero attached hydrogens (tertiary/aromatic N) is 1. The zero-order valence-electron chi connectivity index (χ0n) is 9.33. The van der Waals surface area contributed by atoms with Crippen molar-refractivity contribution >= 4 is 5.69 Å². The predicted octanol–water partition coefficient (Wildman–Crippen LogP) is 2.55. The average Bonchev–Trinajstić information content (AvgIpc) is 2.18. The first-order valence-corrected chi connectivity index (χ1v) is 5.18. The number of benzene rings is 1. The topological polar surface area (TPSA) is 29.3 Å². The van der Waals surface area contributed by atoms with E-state index in [4.69, 9.17) is 5.73 Å². The van der Waals surface area contributed by atoms with Crippen LogP contribution < -0.4 is 10.6 Å². The van der Waals surface area contributed by atoms with Crippen LogP contribution in [0.5, 0.6) is 0 Å². The Kier molecular flexibility index (Phi) is 3.96. The number of anilines is 1. The van der Waals surface area contributed by atoms with Crippen LogP contribution in [0.15, 0.2) is 24.3 Å². The molecule has 0 spiro atoms. The van der Waals surface area contributed by atoms with E-state index >= 15 is 0 Å². The summed E-state index contributed by atoms with van der Waals surface area (Å²) in [4.78, 5) is 2.09. The second-order valence-electron chi connectivity index (χ2n) is 3.88. The summed E-state index contributed by atoms with van der Waals surface area (Å²) in [5, 5.41) is 0. The van der Waals surface area contributed by atoms with Gasteiger partial charge in [0.05, 0.1) is 0 Å². The molecule has 1 atom stereocenters. The summed E-state index contributed by atoms with van der Waals surface area (Å²) in [6, 6.07) is 8.66. The maximum absolute atomic E-state index is 6.02. The highest BCUT2D eigenvalue weighted by Gasteiger charge is 2.04. The first-order valence-electron chi connectivity index (χ1n) is 5.18. The molecule has 0 aliphatic carbocycles. The minimum Gasteiger partial charge on any atom is -0.378 e. The van der Waals surface area contributed by atoms with E-state index in [0.29, 0.717) is 0 Å².